The van der Waals surface area contributed by atoms with Crippen LogP contribution in [0.3, 0.4) is 0 Å². The lowest BCUT2D eigenvalue weighted by atomic mass is 10.1. The summed E-state index contributed by atoms with van der Waals surface area (Å²) in [7, 11) is 0. The predicted molar refractivity (Wildman–Crippen MR) is 107 cm³/mol. The molecule has 2 aromatic carbocycles. The van der Waals surface area contributed by atoms with E-state index < -0.39 is 11.8 Å². The molecule has 5 rings (SSSR count). The van der Waals surface area contributed by atoms with Crippen molar-refractivity contribution in [2.45, 2.75) is 0 Å². The highest BCUT2D eigenvalue weighted by atomic mass is 19.1. The van der Waals surface area contributed by atoms with E-state index in [4.69, 9.17) is 9.47 Å². The van der Waals surface area contributed by atoms with Gasteiger partial charge in [-0.15, -0.1) is 0 Å². The summed E-state index contributed by atoms with van der Waals surface area (Å²) in [5.41, 5.74) is 3.11. The minimum absolute atomic E-state index is 0.153. The Balaban J connectivity index is 1.49. The SMILES string of the molecule is O=C(Nc1ccc2c(c1)OCO2)Nc1c(-c2cccnc2)[nH]c2ccc(F)cc12. The number of ether oxygens (including phenoxy) is 2. The van der Waals surface area contributed by atoms with Crippen LogP contribution in [0.25, 0.3) is 22.2 Å². The van der Waals surface area contributed by atoms with E-state index >= 15 is 0 Å². The van der Waals surface area contributed by atoms with E-state index in [0.29, 0.717) is 39.5 Å². The fourth-order valence-corrected chi connectivity index (χ4v) is 3.27. The number of urea groups is 1. The molecule has 3 heterocycles. The van der Waals surface area contributed by atoms with Gasteiger partial charge in [0, 0.05) is 40.6 Å². The molecule has 0 unspecified atom stereocenters. The van der Waals surface area contributed by atoms with Gasteiger partial charge in [0.1, 0.15) is 5.82 Å². The zero-order chi connectivity index (χ0) is 19.8. The van der Waals surface area contributed by atoms with Gasteiger partial charge in [0.05, 0.1) is 11.4 Å². The van der Waals surface area contributed by atoms with Crippen LogP contribution in [0.1, 0.15) is 0 Å². The van der Waals surface area contributed by atoms with Gasteiger partial charge < -0.3 is 25.1 Å². The summed E-state index contributed by atoms with van der Waals surface area (Å²) < 4.78 is 24.5. The number of carbonyl (C=O) groups excluding carboxylic acids is 1. The van der Waals surface area contributed by atoms with Crippen molar-refractivity contribution in [1.82, 2.24) is 9.97 Å². The smallest absolute Gasteiger partial charge is 0.323 e. The highest BCUT2D eigenvalue weighted by molar-refractivity contribution is 6.10. The second kappa shape index (κ2) is 6.83. The number of aromatic nitrogens is 2. The summed E-state index contributed by atoms with van der Waals surface area (Å²) in [5, 5.41) is 6.15. The number of rotatable bonds is 3. The Kier molecular flexibility index (Phi) is 4.02. The average molecular weight is 390 g/mol. The van der Waals surface area contributed by atoms with Crippen molar-refractivity contribution in [3.8, 4) is 22.8 Å². The van der Waals surface area contributed by atoms with E-state index in [9.17, 15) is 9.18 Å². The second-order valence-electron chi connectivity index (χ2n) is 6.45. The van der Waals surface area contributed by atoms with Gasteiger partial charge in [0.2, 0.25) is 6.79 Å². The molecule has 1 aliphatic rings. The Hall–Kier alpha value is -4.07. The molecule has 2 amide bonds. The van der Waals surface area contributed by atoms with E-state index in [-0.39, 0.29) is 6.79 Å². The first kappa shape index (κ1) is 17.1. The van der Waals surface area contributed by atoms with Crippen LogP contribution in [-0.4, -0.2) is 22.8 Å². The van der Waals surface area contributed by atoms with E-state index in [2.05, 4.69) is 20.6 Å². The number of carbonyl (C=O) groups is 1. The zero-order valence-corrected chi connectivity index (χ0v) is 15.0. The standard InChI is InChI=1S/C21H15FN4O3/c22-13-3-5-16-15(8-13)20(19(25-16)12-2-1-7-23-10-12)26-21(27)24-14-4-6-17-18(9-14)29-11-28-17/h1-10,25H,11H2,(H2,24,26,27). The number of pyridine rings is 1. The largest absolute Gasteiger partial charge is 0.454 e. The number of amides is 2. The van der Waals surface area contributed by atoms with Gasteiger partial charge in [0.25, 0.3) is 0 Å². The lowest BCUT2D eigenvalue weighted by Crippen LogP contribution is -2.19. The first-order valence-corrected chi connectivity index (χ1v) is 8.87. The summed E-state index contributed by atoms with van der Waals surface area (Å²) in [6.07, 6.45) is 3.33. The van der Waals surface area contributed by atoms with E-state index in [1.807, 2.05) is 6.07 Å². The van der Waals surface area contributed by atoms with Gasteiger partial charge in [-0.3, -0.25) is 4.98 Å². The predicted octanol–water partition coefficient (Wildman–Crippen LogP) is 4.74. The van der Waals surface area contributed by atoms with Gasteiger partial charge in [0.15, 0.2) is 11.5 Å². The Bertz CT molecular complexity index is 1220. The molecule has 7 nitrogen and oxygen atoms in total. The molecule has 0 fully saturated rings. The van der Waals surface area contributed by atoms with Crippen LogP contribution in [0, 0.1) is 5.82 Å². The van der Waals surface area contributed by atoms with Crippen molar-refractivity contribution in [1.29, 1.82) is 0 Å². The van der Waals surface area contributed by atoms with E-state index in [1.165, 1.54) is 12.1 Å². The van der Waals surface area contributed by atoms with Crippen LogP contribution in [0.5, 0.6) is 11.5 Å². The Morgan fingerprint density at radius 3 is 2.83 bits per heavy atom. The first-order chi connectivity index (χ1) is 14.2. The van der Waals surface area contributed by atoms with Crippen molar-refractivity contribution in [2.75, 3.05) is 17.4 Å². The number of H-pyrrole nitrogens is 1. The number of nitrogens with zero attached hydrogens (tertiary/aromatic N) is 1. The molecular formula is C21H15FN4O3. The molecule has 29 heavy (non-hydrogen) atoms. The summed E-state index contributed by atoms with van der Waals surface area (Å²) in [6.45, 7) is 0.153. The Morgan fingerprint density at radius 2 is 1.97 bits per heavy atom. The average Bonchev–Trinajstić information content (AvgIpc) is 3.33. The summed E-state index contributed by atoms with van der Waals surface area (Å²) in [6, 6.07) is 12.7. The summed E-state index contributed by atoms with van der Waals surface area (Å²) in [4.78, 5) is 20.0. The van der Waals surface area contributed by atoms with Gasteiger partial charge >= 0.3 is 6.03 Å². The normalized spacial score (nSPS) is 12.2. The number of benzene rings is 2. The quantitative estimate of drug-likeness (QED) is 0.471. The minimum atomic E-state index is -0.473. The summed E-state index contributed by atoms with van der Waals surface area (Å²) in [5.74, 6) is 0.795. The topological polar surface area (TPSA) is 88.3 Å². The van der Waals surface area contributed by atoms with Crippen LogP contribution in [0.4, 0.5) is 20.6 Å². The first-order valence-electron chi connectivity index (χ1n) is 8.87. The van der Waals surface area contributed by atoms with Gasteiger partial charge in [-0.2, -0.15) is 0 Å². The van der Waals surface area contributed by atoms with Gasteiger partial charge in [-0.25, -0.2) is 9.18 Å². The number of hydrogen-bond donors (Lipinski definition) is 3. The molecule has 0 spiro atoms. The minimum Gasteiger partial charge on any atom is -0.454 e. The fourth-order valence-electron chi connectivity index (χ4n) is 3.27. The van der Waals surface area contributed by atoms with Crippen LogP contribution < -0.4 is 20.1 Å². The second-order valence-corrected chi connectivity index (χ2v) is 6.45. The Labute approximate surface area is 164 Å². The van der Waals surface area contributed by atoms with Crippen molar-refractivity contribution in [3.63, 3.8) is 0 Å². The molecule has 0 saturated heterocycles. The van der Waals surface area contributed by atoms with E-state index in [0.717, 1.165) is 5.56 Å². The lowest BCUT2D eigenvalue weighted by molar-refractivity contribution is 0.174. The lowest BCUT2D eigenvalue weighted by Gasteiger charge is -2.10. The maximum atomic E-state index is 13.9. The van der Waals surface area contributed by atoms with Gasteiger partial charge in [-0.05, 0) is 42.5 Å². The monoisotopic (exact) mass is 390 g/mol. The molecular weight excluding hydrogens is 375 g/mol. The number of fused-ring (bicyclic) bond motifs is 2. The molecule has 1 aliphatic heterocycles. The highest BCUT2D eigenvalue weighted by Gasteiger charge is 2.18. The molecule has 0 bridgehead atoms. The fraction of sp³-hybridized carbons (Fsp3) is 0.0476. The van der Waals surface area contributed by atoms with Gasteiger partial charge in [-0.1, -0.05) is 0 Å². The zero-order valence-electron chi connectivity index (χ0n) is 15.0. The van der Waals surface area contributed by atoms with E-state index in [1.54, 1.807) is 42.7 Å². The van der Waals surface area contributed by atoms with Crippen LogP contribution >= 0.6 is 0 Å². The van der Waals surface area contributed by atoms with Crippen molar-refractivity contribution in [3.05, 3.63) is 66.7 Å². The number of halogens is 1. The van der Waals surface area contributed by atoms with Crippen molar-refractivity contribution >= 4 is 28.3 Å². The number of nitrogens with one attached hydrogen (secondary N) is 3. The molecule has 3 N–H and O–H groups in total. The maximum Gasteiger partial charge on any atom is 0.323 e. The van der Waals surface area contributed by atoms with Crippen molar-refractivity contribution in [2.24, 2.45) is 0 Å². The number of aromatic amines is 1. The molecule has 0 atom stereocenters. The van der Waals surface area contributed by atoms with Crippen molar-refractivity contribution < 1.29 is 18.7 Å². The third kappa shape index (κ3) is 3.20. The molecule has 0 radical (unpaired) electrons. The highest BCUT2D eigenvalue weighted by Crippen LogP contribution is 2.36. The summed E-state index contributed by atoms with van der Waals surface area (Å²) >= 11 is 0. The van der Waals surface area contributed by atoms with Crippen LogP contribution in [0.2, 0.25) is 0 Å². The molecule has 0 aliphatic carbocycles. The molecule has 8 heteroatoms. The third-order valence-corrected chi connectivity index (χ3v) is 4.58. The Morgan fingerprint density at radius 1 is 1.07 bits per heavy atom. The number of hydrogen-bond acceptors (Lipinski definition) is 4. The molecule has 4 aromatic rings. The number of anilines is 2. The molecule has 2 aromatic heterocycles. The van der Waals surface area contributed by atoms with Crippen LogP contribution in [-0.2, 0) is 0 Å². The molecule has 144 valence electrons. The maximum absolute atomic E-state index is 13.9. The third-order valence-electron chi connectivity index (χ3n) is 4.58. The van der Waals surface area contributed by atoms with Crippen LogP contribution in [0.15, 0.2) is 60.9 Å². The molecule has 0 saturated carbocycles.